The smallest absolute Gasteiger partial charge is 0.252 e. The normalized spacial score (nSPS) is 18.7. The van der Waals surface area contributed by atoms with Gasteiger partial charge in [-0.3, -0.25) is 4.79 Å². The van der Waals surface area contributed by atoms with E-state index in [1.54, 1.807) is 12.5 Å². The fourth-order valence-electron chi connectivity index (χ4n) is 2.55. The fourth-order valence-corrected chi connectivity index (χ4v) is 2.55. The Morgan fingerprint density at radius 2 is 2.32 bits per heavy atom. The average molecular weight is 254 g/mol. The third-order valence-electron chi connectivity index (χ3n) is 3.47. The highest BCUT2D eigenvalue weighted by Gasteiger charge is 2.29. The molecule has 6 nitrogen and oxygen atoms in total. The number of rotatable bonds is 1. The van der Waals surface area contributed by atoms with Gasteiger partial charge in [-0.2, -0.15) is 10.1 Å². The number of carbonyl (C=O) groups excluding carboxylic acids is 1. The van der Waals surface area contributed by atoms with Crippen molar-refractivity contribution >= 4 is 11.6 Å². The molecule has 0 saturated carbocycles. The number of nitrogens with zero attached hydrogens (tertiary/aromatic N) is 4. The Bertz CT molecular complexity index is 760. The SMILES string of the molecule is O=C1C[C@H](c2ccco2)Cc2nc3ncnn3cc21. The summed E-state index contributed by atoms with van der Waals surface area (Å²) in [4.78, 5) is 20.7. The second-order valence-corrected chi connectivity index (χ2v) is 4.65. The van der Waals surface area contributed by atoms with Crippen LogP contribution in [0.4, 0.5) is 0 Å². The molecule has 19 heavy (non-hydrogen) atoms. The highest BCUT2D eigenvalue weighted by atomic mass is 16.3. The van der Waals surface area contributed by atoms with Crippen LogP contribution in [0.15, 0.2) is 35.3 Å². The van der Waals surface area contributed by atoms with Crippen LogP contribution in [0.25, 0.3) is 5.78 Å². The summed E-state index contributed by atoms with van der Waals surface area (Å²) in [5.74, 6) is 1.49. The maximum absolute atomic E-state index is 12.2. The van der Waals surface area contributed by atoms with E-state index in [0.717, 1.165) is 11.5 Å². The van der Waals surface area contributed by atoms with Crippen molar-refractivity contribution in [3.8, 4) is 0 Å². The van der Waals surface area contributed by atoms with Gasteiger partial charge >= 0.3 is 0 Å². The molecular weight excluding hydrogens is 244 g/mol. The van der Waals surface area contributed by atoms with E-state index in [2.05, 4.69) is 15.1 Å². The fraction of sp³-hybridized carbons (Fsp3) is 0.231. The van der Waals surface area contributed by atoms with E-state index in [9.17, 15) is 4.79 Å². The molecule has 0 fully saturated rings. The third-order valence-corrected chi connectivity index (χ3v) is 3.47. The number of furan rings is 1. The minimum atomic E-state index is 0.0628. The first-order valence-electron chi connectivity index (χ1n) is 6.07. The van der Waals surface area contributed by atoms with Gasteiger partial charge in [-0.25, -0.2) is 9.50 Å². The molecule has 3 aromatic rings. The molecule has 0 amide bonds. The van der Waals surface area contributed by atoms with Gasteiger partial charge in [-0.05, 0) is 12.1 Å². The predicted molar refractivity (Wildman–Crippen MR) is 64.9 cm³/mol. The highest BCUT2D eigenvalue weighted by molar-refractivity contribution is 5.98. The zero-order valence-electron chi connectivity index (χ0n) is 9.98. The monoisotopic (exact) mass is 254 g/mol. The first-order valence-corrected chi connectivity index (χ1v) is 6.07. The molecule has 0 spiro atoms. The Hall–Kier alpha value is -2.50. The Balaban J connectivity index is 1.82. The van der Waals surface area contributed by atoms with Crippen molar-refractivity contribution in [2.24, 2.45) is 0 Å². The minimum Gasteiger partial charge on any atom is -0.469 e. The topological polar surface area (TPSA) is 73.3 Å². The molecular formula is C13H10N4O2. The molecule has 0 aromatic carbocycles. The van der Waals surface area contributed by atoms with Gasteiger partial charge in [0.05, 0.1) is 17.5 Å². The molecule has 1 aliphatic carbocycles. The van der Waals surface area contributed by atoms with Crippen LogP contribution in [0.3, 0.4) is 0 Å². The van der Waals surface area contributed by atoms with Gasteiger partial charge in [0.2, 0.25) is 0 Å². The Morgan fingerprint density at radius 1 is 1.37 bits per heavy atom. The molecule has 0 saturated heterocycles. The number of hydrogen-bond acceptors (Lipinski definition) is 5. The maximum atomic E-state index is 12.2. The van der Waals surface area contributed by atoms with Crippen molar-refractivity contribution in [3.63, 3.8) is 0 Å². The van der Waals surface area contributed by atoms with Crippen LogP contribution < -0.4 is 0 Å². The summed E-state index contributed by atoms with van der Waals surface area (Å²) >= 11 is 0. The Kier molecular flexibility index (Phi) is 2.05. The lowest BCUT2D eigenvalue weighted by molar-refractivity contribution is 0.0958. The minimum absolute atomic E-state index is 0.0628. The van der Waals surface area contributed by atoms with Gasteiger partial charge < -0.3 is 4.42 Å². The zero-order valence-corrected chi connectivity index (χ0v) is 9.98. The van der Waals surface area contributed by atoms with Crippen molar-refractivity contribution in [2.45, 2.75) is 18.8 Å². The van der Waals surface area contributed by atoms with Crippen molar-refractivity contribution in [1.82, 2.24) is 19.6 Å². The van der Waals surface area contributed by atoms with E-state index < -0.39 is 0 Å². The lowest BCUT2D eigenvalue weighted by atomic mass is 9.85. The summed E-state index contributed by atoms with van der Waals surface area (Å²) in [6, 6.07) is 3.74. The van der Waals surface area contributed by atoms with Crippen LogP contribution in [-0.4, -0.2) is 25.4 Å². The van der Waals surface area contributed by atoms with Gasteiger partial charge in [0.15, 0.2) is 5.78 Å². The number of fused-ring (bicyclic) bond motifs is 2. The summed E-state index contributed by atoms with van der Waals surface area (Å²) in [6.45, 7) is 0. The number of aromatic nitrogens is 4. The molecule has 3 heterocycles. The van der Waals surface area contributed by atoms with Crippen LogP contribution in [0.1, 0.15) is 34.2 Å². The number of ketones is 1. The molecule has 0 bridgehead atoms. The van der Waals surface area contributed by atoms with E-state index in [0.29, 0.717) is 24.2 Å². The van der Waals surface area contributed by atoms with Crippen LogP contribution in [0.2, 0.25) is 0 Å². The molecule has 0 N–H and O–H groups in total. The van der Waals surface area contributed by atoms with Gasteiger partial charge in [-0.1, -0.05) is 0 Å². The molecule has 94 valence electrons. The molecule has 6 heteroatoms. The average Bonchev–Trinajstić information content (AvgIpc) is 3.07. The van der Waals surface area contributed by atoms with E-state index in [1.165, 1.54) is 10.8 Å². The second-order valence-electron chi connectivity index (χ2n) is 4.65. The van der Waals surface area contributed by atoms with Crippen LogP contribution >= 0.6 is 0 Å². The first-order chi connectivity index (χ1) is 9.31. The molecule has 3 aromatic heterocycles. The quantitative estimate of drug-likeness (QED) is 0.660. The van der Waals surface area contributed by atoms with Crippen LogP contribution in [0.5, 0.6) is 0 Å². The van der Waals surface area contributed by atoms with Crippen molar-refractivity contribution in [3.05, 3.63) is 47.9 Å². The largest absolute Gasteiger partial charge is 0.469 e. The van der Waals surface area contributed by atoms with E-state index >= 15 is 0 Å². The van der Waals surface area contributed by atoms with E-state index in [1.807, 2.05) is 12.1 Å². The molecule has 1 atom stereocenters. The van der Waals surface area contributed by atoms with Crippen LogP contribution in [0, 0.1) is 0 Å². The molecule has 0 unspecified atom stereocenters. The highest BCUT2D eigenvalue weighted by Crippen LogP contribution is 2.31. The van der Waals surface area contributed by atoms with Crippen molar-refractivity contribution in [1.29, 1.82) is 0 Å². The summed E-state index contributed by atoms with van der Waals surface area (Å²) in [7, 11) is 0. The van der Waals surface area contributed by atoms with Gasteiger partial charge in [-0.15, -0.1) is 0 Å². The predicted octanol–water partition coefficient (Wildman–Crippen LogP) is 1.63. The number of carbonyl (C=O) groups is 1. The standard InChI is InChI=1S/C13H10N4O2/c18-11-5-8(12-2-1-3-19-12)4-10-9(11)6-17-13(16-10)14-7-15-17/h1-3,6-8H,4-5H2/t8-/m1/s1. The molecule has 4 rings (SSSR count). The van der Waals surface area contributed by atoms with Crippen molar-refractivity contribution in [2.75, 3.05) is 0 Å². The summed E-state index contributed by atoms with van der Waals surface area (Å²) < 4.78 is 6.93. The van der Waals surface area contributed by atoms with Crippen molar-refractivity contribution < 1.29 is 9.21 Å². The molecule has 1 aliphatic rings. The summed E-state index contributed by atoms with van der Waals surface area (Å²) in [5.41, 5.74) is 1.42. The maximum Gasteiger partial charge on any atom is 0.252 e. The first kappa shape index (κ1) is 10.4. The summed E-state index contributed by atoms with van der Waals surface area (Å²) in [6.07, 6.45) is 5.92. The third kappa shape index (κ3) is 1.56. The lowest BCUT2D eigenvalue weighted by Gasteiger charge is -2.20. The zero-order chi connectivity index (χ0) is 12.8. The number of Topliss-reactive ketones (excluding diaryl/α,β-unsaturated/α-hetero) is 1. The summed E-state index contributed by atoms with van der Waals surface area (Å²) in [5, 5.41) is 4.00. The van der Waals surface area contributed by atoms with E-state index in [-0.39, 0.29) is 11.7 Å². The Morgan fingerprint density at radius 3 is 3.16 bits per heavy atom. The number of hydrogen-bond donors (Lipinski definition) is 0. The Labute approximate surface area is 108 Å². The van der Waals surface area contributed by atoms with E-state index in [4.69, 9.17) is 4.42 Å². The van der Waals surface area contributed by atoms with Gasteiger partial charge in [0.25, 0.3) is 5.78 Å². The molecule has 0 aliphatic heterocycles. The lowest BCUT2D eigenvalue weighted by Crippen LogP contribution is -2.21. The van der Waals surface area contributed by atoms with Gasteiger partial charge in [0.1, 0.15) is 12.1 Å². The molecule has 0 radical (unpaired) electrons. The second kappa shape index (κ2) is 3.74. The van der Waals surface area contributed by atoms with Crippen LogP contribution in [-0.2, 0) is 6.42 Å². The van der Waals surface area contributed by atoms with Gasteiger partial charge in [0, 0.05) is 25.0 Å².